The summed E-state index contributed by atoms with van der Waals surface area (Å²) in [5.41, 5.74) is 1.10. The number of aromatic nitrogens is 1. The maximum atomic E-state index is 12.7. The van der Waals surface area contributed by atoms with Crippen LogP contribution < -0.4 is 4.90 Å². The fraction of sp³-hybridized carbons (Fsp3) is 0.158. The number of hydrogen-bond acceptors (Lipinski definition) is 3. The van der Waals surface area contributed by atoms with Crippen LogP contribution in [0, 0.1) is 0 Å². The van der Waals surface area contributed by atoms with Gasteiger partial charge in [-0.2, -0.15) is 13.2 Å². The van der Waals surface area contributed by atoms with Gasteiger partial charge < -0.3 is 0 Å². The van der Waals surface area contributed by atoms with Gasteiger partial charge in [0.25, 0.3) is 5.91 Å². The van der Waals surface area contributed by atoms with Gasteiger partial charge in [-0.25, -0.2) is 4.98 Å². The standard InChI is InChI=1S/C19H15F3N2OS/c1-2-24(17(25)14-8-10-15(11-9-14)19(20,21)22)18-23-16(12-26-18)13-6-4-3-5-7-13/h3-12H,2H2,1H3. The van der Waals surface area contributed by atoms with Crippen LogP contribution in [0.25, 0.3) is 11.3 Å². The highest BCUT2D eigenvalue weighted by Gasteiger charge is 2.30. The minimum Gasteiger partial charge on any atom is -0.284 e. The minimum atomic E-state index is -4.42. The van der Waals surface area contributed by atoms with Crippen molar-refractivity contribution in [3.8, 4) is 11.3 Å². The van der Waals surface area contributed by atoms with E-state index in [1.165, 1.54) is 28.4 Å². The average Bonchev–Trinajstić information content (AvgIpc) is 3.12. The monoisotopic (exact) mass is 376 g/mol. The van der Waals surface area contributed by atoms with Gasteiger partial charge >= 0.3 is 6.18 Å². The summed E-state index contributed by atoms with van der Waals surface area (Å²) in [6.45, 7) is 2.16. The third-order valence-corrected chi connectivity index (χ3v) is 4.68. The summed E-state index contributed by atoms with van der Waals surface area (Å²) in [6.07, 6.45) is -4.42. The van der Waals surface area contributed by atoms with Crippen molar-refractivity contribution in [3.63, 3.8) is 0 Å². The number of nitrogens with zero attached hydrogens (tertiary/aromatic N) is 2. The van der Waals surface area contributed by atoms with Gasteiger partial charge in [-0.3, -0.25) is 9.69 Å². The van der Waals surface area contributed by atoms with Gasteiger partial charge in [0, 0.05) is 23.1 Å². The molecule has 3 rings (SSSR count). The molecule has 0 aliphatic heterocycles. The number of hydrogen-bond donors (Lipinski definition) is 0. The fourth-order valence-corrected chi connectivity index (χ4v) is 3.35. The lowest BCUT2D eigenvalue weighted by atomic mass is 10.1. The second-order valence-corrected chi connectivity index (χ2v) is 6.34. The Morgan fingerprint density at radius 1 is 1.08 bits per heavy atom. The first-order valence-corrected chi connectivity index (χ1v) is 8.78. The lowest BCUT2D eigenvalue weighted by Gasteiger charge is -2.18. The molecule has 7 heteroatoms. The molecule has 0 N–H and O–H groups in total. The Bertz CT molecular complexity index is 889. The molecule has 0 aliphatic carbocycles. The third kappa shape index (κ3) is 3.77. The van der Waals surface area contributed by atoms with E-state index < -0.39 is 11.7 Å². The van der Waals surface area contributed by atoms with Crippen LogP contribution in [0.1, 0.15) is 22.8 Å². The molecule has 0 fully saturated rings. The largest absolute Gasteiger partial charge is 0.416 e. The van der Waals surface area contributed by atoms with Gasteiger partial charge in [-0.1, -0.05) is 30.3 Å². The molecule has 3 aromatic rings. The molecular weight excluding hydrogens is 361 g/mol. The fourth-order valence-electron chi connectivity index (χ4n) is 2.45. The molecule has 0 saturated heterocycles. The van der Waals surface area contributed by atoms with E-state index in [0.717, 1.165) is 23.4 Å². The molecule has 1 aromatic heterocycles. The van der Waals surface area contributed by atoms with Crippen molar-refractivity contribution in [2.45, 2.75) is 13.1 Å². The predicted octanol–water partition coefficient (Wildman–Crippen LogP) is 5.50. The van der Waals surface area contributed by atoms with Crippen molar-refractivity contribution in [3.05, 3.63) is 71.1 Å². The highest BCUT2D eigenvalue weighted by molar-refractivity contribution is 7.14. The van der Waals surface area contributed by atoms with Crippen molar-refractivity contribution in [1.82, 2.24) is 4.98 Å². The number of rotatable bonds is 4. The number of benzene rings is 2. The Balaban J connectivity index is 1.85. The van der Waals surface area contributed by atoms with Crippen LogP contribution in [-0.2, 0) is 6.18 Å². The third-order valence-electron chi connectivity index (χ3n) is 3.81. The Labute approximate surface area is 152 Å². The molecule has 0 saturated carbocycles. The summed E-state index contributed by atoms with van der Waals surface area (Å²) >= 11 is 1.32. The van der Waals surface area contributed by atoms with Gasteiger partial charge in [0.1, 0.15) is 0 Å². The number of carbonyl (C=O) groups excluding carboxylic acids is 1. The van der Waals surface area contributed by atoms with Crippen LogP contribution in [0.2, 0.25) is 0 Å². The number of anilines is 1. The number of amides is 1. The first-order chi connectivity index (χ1) is 12.4. The summed E-state index contributed by atoms with van der Waals surface area (Å²) in [6, 6.07) is 13.8. The molecule has 0 unspecified atom stereocenters. The molecule has 1 amide bonds. The summed E-state index contributed by atoms with van der Waals surface area (Å²) in [5, 5.41) is 2.36. The quantitative estimate of drug-likeness (QED) is 0.603. The molecule has 134 valence electrons. The number of alkyl halides is 3. The van der Waals surface area contributed by atoms with Crippen LogP contribution in [0.5, 0.6) is 0 Å². The zero-order valence-electron chi connectivity index (χ0n) is 13.8. The van der Waals surface area contributed by atoms with Crippen LogP contribution in [0.3, 0.4) is 0 Å². The van der Waals surface area contributed by atoms with Crippen molar-refractivity contribution in [2.75, 3.05) is 11.4 Å². The van der Waals surface area contributed by atoms with Crippen molar-refractivity contribution in [2.24, 2.45) is 0 Å². The smallest absolute Gasteiger partial charge is 0.284 e. The highest BCUT2D eigenvalue weighted by atomic mass is 32.1. The SMILES string of the molecule is CCN(C(=O)c1ccc(C(F)(F)F)cc1)c1nc(-c2ccccc2)cs1. The minimum absolute atomic E-state index is 0.191. The normalized spacial score (nSPS) is 11.4. The number of halogens is 3. The van der Waals surface area contributed by atoms with E-state index >= 15 is 0 Å². The van der Waals surface area contributed by atoms with E-state index in [-0.39, 0.29) is 11.5 Å². The summed E-state index contributed by atoms with van der Waals surface area (Å²) in [5.74, 6) is -0.379. The molecule has 0 atom stereocenters. The van der Waals surface area contributed by atoms with Crippen molar-refractivity contribution < 1.29 is 18.0 Å². The molecule has 0 bridgehead atoms. The Hall–Kier alpha value is -2.67. The van der Waals surface area contributed by atoms with E-state index in [0.29, 0.717) is 11.7 Å². The molecule has 26 heavy (non-hydrogen) atoms. The second kappa shape index (κ2) is 7.29. The molecular formula is C19H15F3N2OS. The molecule has 2 aromatic carbocycles. The highest BCUT2D eigenvalue weighted by Crippen LogP contribution is 2.31. The summed E-state index contributed by atoms with van der Waals surface area (Å²) < 4.78 is 38.0. The van der Waals surface area contributed by atoms with Gasteiger partial charge in [-0.15, -0.1) is 11.3 Å². The molecule has 3 nitrogen and oxygen atoms in total. The van der Waals surface area contributed by atoms with E-state index in [4.69, 9.17) is 0 Å². The zero-order valence-corrected chi connectivity index (χ0v) is 14.6. The Morgan fingerprint density at radius 2 is 1.73 bits per heavy atom. The molecule has 1 heterocycles. The van der Waals surface area contributed by atoms with E-state index in [1.807, 2.05) is 35.7 Å². The molecule has 0 spiro atoms. The summed E-state index contributed by atoms with van der Waals surface area (Å²) in [4.78, 5) is 18.7. The van der Waals surface area contributed by atoms with E-state index in [2.05, 4.69) is 4.98 Å². The maximum absolute atomic E-state index is 12.7. The van der Waals surface area contributed by atoms with Crippen LogP contribution in [-0.4, -0.2) is 17.4 Å². The van der Waals surface area contributed by atoms with Gasteiger partial charge in [-0.05, 0) is 31.2 Å². The Morgan fingerprint density at radius 3 is 2.31 bits per heavy atom. The van der Waals surface area contributed by atoms with E-state index in [1.54, 1.807) is 6.92 Å². The summed E-state index contributed by atoms with van der Waals surface area (Å²) in [7, 11) is 0. The lowest BCUT2D eigenvalue weighted by Crippen LogP contribution is -2.30. The number of thiazole rings is 1. The van der Waals surface area contributed by atoms with Gasteiger partial charge in [0.15, 0.2) is 5.13 Å². The molecule has 0 radical (unpaired) electrons. The predicted molar refractivity (Wildman–Crippen MR) is 96.3 cm³/mol. The average molecular weight is 376 g/mol. The van der Waals surface area contributed by atoms with Gasteiger partial charge in [0.05, 0.1) is 11.3 Å². The lowest BCUT2D eigenvalue weighted by molar-refractivity contribution is -0.137. The topological polar surface area (TPSA) is 33.2 Å². The second-order valence-electron chi connectivity index (χ2n) is 5.51. The zero-order chi connectivity index (χ0) is 18.7. The van der Waals surface area contributed by atoms with Crippen molar-refractivity contribution >= 4 is 22.4 Å². The van der Waals surface area contributed by atoms with Crippen LogP contribution >= 0.6 is 11.3 Å². The van der Waals surface area contributed by atoms with Crippen LogP contribution in [0.4, 0.5) is 18.3 Å². The van der Waals surface area contributed by atoms with Crippen LogP contribution in [0.15, 0.2) is 60.0 Å². The van der Waals surface area contributed by atoms with Crippen molar-refractivity contribution in [1.29, 1.82) is 0 Å². The first-order valence-electron chi connectivity index (χ1n) is 7.90. The van der Waals surface area contributed by atoms with Gasteiger partial charge in [0.2, 0.25) is 0 Å². The maximum Gasteiger partial charge on any atom is 0.416 e. The molecule has 0 aliphatic rings. The first kappa shape index (κ1) is 18.1. The Kier molecular flexibility index (Phi) is 5.08. The van der Waals surface area contributed by atoms with E-state index in [9.17, 15) is 18.0 Å². The number of carbonyl (C=O) groups is 1.